The summed E-state index contributed by atoms with van der Waals surface area (Å²) in [6.07, 6.45) is -1.44. The smallest absolute Gasteiger partial charge is 0.409 e. The fraction of sp³-hybridized carbons (Fsp3) is 0.409. The average molecular weight is 515 g/mol. The number of nitrogens with one attached hydrogen (secondary N) is 2. The molecule has 0 spiro atoms. The fourth-order valence-electron chi connectivity index (χ4n) is 3.79. The van der Waals surface area contributed by atoms with Crippen molar-refractivity contribution in [1.29, 1.82) is 0 Å². The number of ketones is 1. The van der Waals surface area contributed by atoms with Gasteiger partial charge in [-0.15, -0.1) is 0 Å². The molecular weight excluding hydrogens is 488 g/mol. The first-order valence-electron chi connectivity index (χ1n) is 10.5. The van der Waals surface area contributed by atoms with Gasteiger partial charge >= 0.3 is 11.9 Å². The second kappa shape index (κ2) is 10.8. The number of Topliss-reactive ketones (excluding diaryl/α,β-unsaturated/α-hetero) is 1. The minimum Gasteiger partial charge on any atom is -0.433 e. The molecule has 192 valence electrons. The fourth-order valence-corrected chi connectivity index (χ4v) is 3.97. The molecule has 9 N–H and O–H groups in total. The third-order valence-electron chi connectivity index (χ3n) is 5.65. The Morgan fingerprint density at radius 3 is 2.26 bits per heavy atom. The van der Waals surface area contributed by atoms with Crippen molar-refractivity contribution < 1.29 is 50.1 Å². The van der Waals surface area contributed by atoms with Gasteiger partial charge in [0, 0.05) is 5.02 Å². The lowest BCUT2D eigenvalue weighted by Gasteiger charge is -2.39. The topological polar surface area (TPSA) is 201 Å². The number of hydrogen-bond acceptors (Lipinski definition) is 12. The molecule has 2 aromatic carbocycles. The molecule has 1 saturated heterocycles. The Balaban J connectivity index is 1.82. The first-order valence-corrected chi connectivity index (χ1v) is 10.8. The molecule has 35 heavy (non-hydrogen) atoms. The van der Waals surface area contributed by atoms with Crippen LogP contribution in [0.4, 0.5) is 0 Å². The van der Waals surface area contributed by atoms with Gasteiger partial charge in [-0.2, -0.15) is 5.48 Å². The minimum atomic E-state index is -3.91. The normalized spacial score (nSPS) is 23.4. The average Bonchev–Trinajstić information content (AvgIpc) is 2.80. The quantitative estimate of drug-likeness (QED) is 0.139. The molecule has 0 amide bonds. The van der Waals surface area contributed by atoms with E-state index in [-0.39, 0.29) is 11.5 Å². The number of carbonyl (C=O) groups is 1. The van der Waals surface area contributed by atoms with E-state index >= 15 is 0 Å². The van der Waals surface area contributed by atoms with E-state index < -0.39 is 42.8 Å². The van der Waals surface area contributed by atoms with Crippen molar-refractivity contribution >= 4 is 17.4 Å². The number of ether oxygens (including phenoxy) is 2. The van der Waals surface area contributed by atoms with Crippen molar-refractivity contribution in [2.24, 2.45) is 0 Å². The standard InChI is InChI=1S/C22H27ClN2O10/c1-24-17-16(10-26)34-20(18(25-33)19(17)27)12-4-7-15(23)13(9-12)8-11-2-5-14(6-3-11)35-22(31,32)21(28,29)30/h2-7,9,16-18,20,24-26,28-33H,8,10H2,1H3. The molecule has 0 bridgehead atoms. The summed E-state index contributed by atoms with van der Waals surface area (Å²) in [4.78, 5) is 12.8. The van der Waals surface area contributed by atoms with Crippen LogP contribution in [-0.2, 0) is 16.0 Å². The van der Waals surface area contributed by atoms with Gasteiger partial charge in [0.05, 0.1) is 12.6 Å². The highest BCUT2D eigenvalue weighted by Gasteiger charge is 2.50. The van der Waals surface area contributed by atoms with Crippen molar-refractivity contribution in [2.75, 3.05) is 13.7 Å². The van der Waals surface area contributed by atoms with Crippen LogP contribution >= 0.6 is 11.6 Å². The molecule has 1 heterocycles. The van der Waals surface area contributed by atoms with E-state index in [1.807, 2.05) is 5.48 Å². The number of rotatable bonds is 9. The summed E-state index contributed by atoms with van der Waals surface area (Å²) in [5.74, 6) is -8.13. The molecule has 2 aromatic rings. The van der Waals surface area contributed by atoms with Gasteiger partial charge in [-0.3, -0.25) is 4.79 Å². The zero-order valence-electron chi connectivity index (χ0n) is 18.5. The van der Waals surface area contributed by atoms with Crippen LogP contribution in [-0.4, -0.2) is 85.4 Å². The molecular formula is C22H27ClN2O10. The Morgan fingerprint density at radius 2 is 1.71 bits per heavy atom. The van der Waals surface area contributed by atoms with Crippen LogP contribution in [0.5, 0.6) is 5.75 Å². The molecule has 12 nitrogen and oxygen atoms in total. The summed E-state index contributed by atoms with van der Waals surface area (Å²) < 4.78 is 10.5. The molecule has 3 rings (SSSR count). The lowest BCUT2D eigenvalue weighted by atomic mass is 9.88. The third kappa shape index (κ3) is 5.97. The first-order chi connectivity index (χ1) is 16.4. The maximum Gasteiger partial charge on any atom is 0.409 e. The predicted octanol–water partition coefficient (Wildman–Crippen LogP) is -1.48. The number of aliphatic hydroxyl groups excluding tert-OH is 1. The van der Waals surface area contributed by atoms with Gasteiger partial charge in [0.15, 0.2) is 5.78 Å². The molecule has 0 aliphatic carbocycles. The summed E-state index contributed by atoms with van der Waals surface area (Å²) >= 11 is 6.36. The SMILES string of the molecule is CNC1C(=O)C(NO)C(c2ccc(Cl)c(Cc3ccc(OC(O)(O)C(O)(O)O)cc3)c2)OC1CO. The van der Waals surface area contributed by atoms with Gasteiger partial charge in [0.1, 0.15) is 24.0 Å². The largest absolute Gasteiger partial charge is 0.433 e. The second-order valence-corrected chi connectivity index (χ2v) is 8.48. The molecule has 1 fully saturated rings. The van der Waals surface area contributed by atoms with Crippen LogP contribution in [0.1, 0.15) is 22.8 Å². The molecule has 13 heteroatoms. The number of hydroxylamine groups is 1. The summed E-state index contributed by atoms with van der Waals surface area (Å²) in [7, 11) is 1.55. The zero-order chi connectivity index (χ0) is 26.0. The first kappa shape index (κ1) is 27.4. The van der Waals surface area contributed by atoms with E-state index in [9.17, 15) is 25.3 Å². The predicted molar refractivity (Wildman–Crippen MR) is 119 cm³/mol. The minimum absolute atomic E-state index is 0.180. The Kier molecular flexibility index (Phi) is 8.47. The van der Waals surface area contributed by atoms with Crippen molar-refractivity contribution in [3.05, 3.63) is 64.2 Å². The van der Waals surface area contributed by atoms with E-state index in [1.165, 1.54) is 12.1 Å². The van der Waals surface area contributed by atoms with E-state index in [1.54, 1.807) is 37.4 Å². The van der Waals surface area contributed by atoms with Crippen LogP contribution in [0.25, 0.3) is 0 Å². The van der Waals surface area contributed by atoms with Gasteiger partial charge in [0.2, 0.25) is 0 Å². The summed E-state index contributed by atoms with van der Waals surface area (Å²) in [6.45, 7) is -0.409. The van der Waals surface area contributed by atoms with Gasteiger partial charge in [0.25, 0.3) is 0 Å². The van der Waals surface area contributed by atoms with Crippen LogP contribution in [0.2, 0.25) is 5.02 Å². The highest BCUT2D eigenvalue weighted by atomic mass is 35.5. The van der Waals surface area contributed by atoms with Crippen LogP contribution in [0.15, 0.2) is 42.5 Å². The number of carbonyl (C=O) groups excluding carboxylic acids is 1. The number of benzene rings is 2. The second-order valence-electron chi connectivity index (χ2n) is 8.07. The van der Waals surface area contributed by atoms with Crippen molar-refractivity contribution in [3.8, 4) is 5.75 Å². The Morgan fingerprint density at radius 1 is 1.06 bits per heavy atom. The lowest BCUT2D eigenvalue weighted by Crippen LogP contribution is -2.61. The maximum atomic E-state index is 12.8. The molecule has 1 aliphatic heterocycles. The maximum absolute atomic E-state index is 12.8. The molecule has 0 radical (unpaired) electrons. The molecule has 1 aliphatic rings. The van der Waals surface area contributed by atoms with Crippen molar-refractivity contribution in [1.82, 2.24) is 10.8 Å². The number of likely N-dealkylation sites (N-methyl/N-ethyl adjacent to an activating group) is 1. The van der Waals surface area contributed by atoms with Gasteiger partial charge < -0.3 is 50.6 Å². The highest BCUT2D eigenvalue weighted by Crippen LogP contribution is 2.33. The van der Waals surface area contributed by atoms with E-state index in [4.69, 9.17) is 31.7 Å². The summed E-state index contributed by atoms with van der Waals surface area (Å²) in [5, 5.41) is 68.1. The van der Waals surface area contributed by atoms with E-state index in [0.717, 1.165) is 0 Å². The van der Waals surface area contributed by atoms with E-state index in [2.05, 4.69) is 10.1 Å². The van der Waals surface area contributed by atoms with Gasteiger partial charge in [-0.05, 0) is 48.4 Å². The lowest BCUT2D eigenvalue weighted by molar-refractivity contribution is -0.502. The Labute approximate surface area is 204 Å². The molecule has 4 unspecified atom stereocenters. The molecule has 4 atom stereocenters. The van der Waals surface area contributed by atoms with Crippen LogP contribution < -0.4 is 15.5 Å². The van der Waals surface area contributed by atoms with Gasteiger partial charge in [-0.25, -0.2) is 0 Å². The summed E-state index contributed by atoms with van der Waals surface area (Å²) in [6, 6.07) is 8.75. The van der Waals surface area contributed by atoms with Crippen molar-refractivity contribution in [3.63, 3.8) is 0 Å². The number of aliphatic hydroxyl groups is 6. The van der Waals surface area contributed by atoms with Gasteiger partial charge in [-0.1, -0.05) is 35.9 Å². The zero-order valence-corrected chi connectivity index (χ0v) is 19.3. The van der Waals surface area contributed by atoms with E-state index in [0.29, 0.717) is 28.1 Å². The Hall–Kier alpha value is -2.20. The molecule has 0 saturated carbocycles. The Bertz CT molecular complexity index is 1030. The summed E-state index contributed by atoms with van der Waals surface area (Å²) in [5.41, 5.74) is 3.86. The number of halogens is 1. The molecule has 0 aromatic heterocycles. The van der Waals surface area contributed by atoms with Crippen LogP contribution in [0.3, 0.4) is 0 Å². The third-order valence-corrected chi connectivity index (χ3v) is 6.02. The van der Waals surface area contributed by atoms with Crippen molar-refractivity contribution in [2.45, 2.75) is 42.7 Å². The number of hydrogen-bond donors (Lipinski definition) is 9. The highest BCUT2D eigenvalue weighted by molar-refractivity contribution is 6.31. The van der Waals surface area contributed by atoms with Crippen LogP contribution in [0, 0.1) is 0 Å². The monoisotopic (exact) mass is 514 g/mol.